The predicted molar refractivity (Wildman–Crippen MR) is 104 cm³/mol. The van der Waals surface area contributed by atoms with Gasteiger partial charge in [-0.15, -0.1) is 0 Å². The van der Waals surface area contributed by atoms with Gasteiger partial charge in [-0.25, -0.2) is 0 Å². The third-order valence-electron chi connectivity index (χ3n) is 2.63. The van der Waals surface area contributed by atoms with Gasteiger partial charge in [0.25, 0.3) is 0 Å². The van der Waals surface area contributed by atoms with E-state index in [1.165, 1.54) is 12.1 Å². The fourth-order valence-electron chi connectivity index (χ4n) is 1.51. The number of aromatic hydroxyl groups is 1. The molecule has 0 aliphatic rings. The second-order valence-corrected chi connectivity index (χ2v) is 6.14. The van der Waals surface area contributed by atoms with Crippen LogP contribution >= 0.6 is 0 Å². The van der Waals surface area contributed by atoms with Gasteiger partial charge in [0.05, 0.1) is 0 Å². The highest BCUT2D eigenvalue weighted by atomic mass is 16.6. The Kier molecular flexibility index (Phi) is 14.4. The van der Waals surface area contributed by atoms with Crippen LogP contribution in [0.1, 0.15) is 74.1 Å². The van der Waals surface area contributed by atoms with Gasteiger partial charge in [0.15, 0.2) is 0 Å². The molecule has 1 amide bonds. The topological polar surface area (TPSA) is 75.6 Å². The van der Waals surface area contributed by atoms with Gasteiger partial charge in [-0.2, -0.15) is 0 Å². The van der Waals surface area contributed by atoms with Crippen molar-refractivity contribution in [3.8, 4) is 5.75 Å². The molecule has 1 aromatic carbocycles. The van der Waals surface area contributed by atoms with Gasteiger partial charge < -0.3 is 15.2 Å². The summed E-state index contributed by atoms with van der Waals surface area (Å²) in [4.78, 5) is 21.9. The molecule has 0 spiro atoms. The Labute approximate surface area is 152 Å². The summed E-state index contributed by atoms with van der Waals surface area (Å²) in [5, 5.41) is 11.6. The average Bonchev–Trinajstić information content (AvgIpc) is 2.56. The smallest absolute Gasteiger partial charge is 0.306 e. The number of ether oxygens (including phenoxy) is 1. The van der Waals surface area contributed by atoms with Crippen molar-refractivity contribution in [2.75, 3.05) is 5.32 Å². The molecule has 0 heterocycles. The van der Waals surface area contributed by atoms with Gasteiger partial charge in [-0.05, 0) is 51.5 Å². The zero-order valence-corrected chi connectivity index (χ0v) is 16.8. The number of esters is 1. The van der Waals surface area contributed by atoms with Crippen molar-refractivity contribution in [2.24, 2.45) is 0 Å². The molecule has 1 aromatic rings. The zero-order valence-electron chi connectivity index (χ0n) is 16.8. The normalized spacial score (nSPS) is 9.72. The molecule has 1 rings (SSSR count). The molecule has 0 aliphatic heterocycles. The van der Waals surface area contributed by atoms with Crippen LogP contribution in [0.25, 0.3) is 0 Å². The molecule has 144 valence electrons. The summed E-state index contributed by atoms with van der Waals surface area (Å²) >= 11 is 0. The Morgan fingerprint density at radius 2 is 1.60 bits per heavy atom. The Hall–Kier alpha value is -2.04. The third kappa shape index (κ3) is 16.6. The van der Waals surface area contributed by atoms with Crippen LogP contribution in [-0.2, 0) is 14.3 Å². The van der Waals surface area contributed by atoms with Gasteiger partial charge in [-0.1, -0.05) is 34.1 Å². The van der Waals surface area contributed by atoms with Crippen LogP contribution in [0, 0.1) is 0 Å². The molecule has 5 heteroatoms. The number of rotatable bonds is 5. The highest BCUT2D eigenvalue weighted by Crippen LogP contribution is 2.13. The number of nitrogens with one attached hydrogen (secondary N) is 1. The second-order valence-electron chi connectivity index (χ2n) is 6.14. The quantitative estimate of drug-likeness (QED) is 0.557. The number of carbonyl (C=O) groups excluding carboxylic acids is 2. The number of hydrogen-bond donors (Lipinski definition) is 2. The van der Waals surface area contributed by atoms with E-state index in [9.17, 15) is 9.59 Å². The first kappa shape index (κ1) is 25.2. The number of amides is 1. The number of phenols is 1. The molecule has 0 aromatic heterocycles. The monoisotopic (exact) mass is 353 g/mol. The average molecular weight is 354 g/mol. The minimum atomic E-state index is -0.329. The maximum atomic E-state index is 11.0. The van der Waals surface area contributed by atoms with E-state index in [1.54, 1.807) is 19.1 Å². The Balaban J connectivity index is 0. The maximum absolute atomic E-state index is 11.0. The molecule has 0 saturated heterocycles. The van der Waals surface area contributed by atoms with Crippen LogP contribution in [0.3, 0.4) is 0 Å². The van der Waals surface area contributed by atoms with Crippen molar-refractivity contribution in [3.63, 3.8) is 0 Å². The lowest BCUT2D eigenvalue weighted by Gasteiger charge is -2.19. The molecule has 0 unspecified atom stereocenters. The fourth-order valence-corrected chi connectivity index (χ4v) is 1.51. The number of phenolic OH excluding ortho intramolecular Hbond substituents is 1. The summed E-state index contributed by atoms with van der Waals surface area (Å²) in [6, 6.07) is 6.38. The summed E-state index contributed by atoms with van der Waals surface area (Å²) in [7, 11) is 0. The van der Waals surface area contributed by atoms with E-state index in [0.29, 0.717) is 18.5 Å². The minimum absolute atomic E-state index is 0.0271. The molecule has 5 nitrogen and oxygen atoms in total. The Bertz CT molecular complexity index is 475. The van der Waals surface area contributed by atoms with E-state index < -0.39 is 0 Å². The molecule has 0 aliphatic carbocycles. The lowest BCUT2D eigenvalue weighted by atomic mass is 10.2. The molecule has 0 atom stereocenters. The summed E-state index contributed by atoms with van der Waals surface area (Å²) in [6.07, 6.45) is 2.98. The van der Waals surface area contributed by atoms with E-state index in [2.05, 4.69) is 12.2 Å². The van der Waals surface area contributed by atoms with E-state index >= 15 is 0 Å². The highest BCUT2D eigenvalue weighted by Gasteiger charge is 2.14. The van der Waals surface area contributed by atoms with E-state index in [0.717, 1.165) is 12.8 Å². The number of unbranched alkanes of at least 4 members (excludes halogenated alkanes) is 1. The van der Waals surface area contributed by atoms with Gasteiger partial charge >= 0.3 is 5.97 Å². The number of anilines is 1. The third-order valence-corrected chi connectivity index (χ3v) is 2.63. The van der Waals surface area contributed by atoms with Gasteiger partial charge in [0.2, 0.25) is 5.91 Å². The number of carbonyl (C=O) groups is 2. The van der Waals surface area contributed by atoms with E-state index in [-0.39, 0.29) is 23.2 Å². The molecule has 0 saturated carbocycles. The van der Waals surface area contributed by atoms with E-state index in [1.807, 2.05) is 34.6 Å². The van der Waals surface area contributed by atoms with Crippen molar-refractivity contribution in [2.45, 2.75) is 79.8 Å². The van der Waals surface area contributed by atoms with Crippen molar-refractivity contribution >= 4 is 17.6 Å². The summed E-state index contributed by atoms with van der Waals surface area (Å²) < 4.78 is 5.10. The van der Waals surface area contributed by atoms with Gasteiger partial charge in [-0.3, -0.25) is 9.59 Å². The number of hydrogen-bond acceptors (Lipinski definition) is 4. The van der Waals surface area contributed by atoms with Crippen molar-refractivity contribution < 1.29 is 19.4 Å². The highest BCUT2D eigenvalue weighted by molar-refractivity contribution is 5.90. The van der Waals surface area contributed by atoms with Crippen LogP contribution in [0.5, 0.6) is 5.75 Å². The molecule has 0 radical (unpaired) electrons. The van der Waals surface area contributed by atoms with Crippen LogP contribution in [-0.4, -0.2) is 22.6 Å². The molecular formula is C20H35NO4. The van der Waals surface area contributed by atoms with Crippen LogP contribution in [0.15, 0.2) is 24.3 Å². The van der Waals surface area contributed by atoms with Crippen molar-refractivity contribution in [1.82, 2.24) is 0 Å². The minimum Gasteiger partial charge on any atom is -0.508 e. The lowest BCUT2D eigenvalue weighted by Crippen LogP contribution is -2.23. The van der Waals surface area contributed by atoms with Crippen molar-refractivity contribution in [1.29, 1.82) is 0 Å². The second kappa shape index (κ2) is 14.3. The lowest BCUT2D eigenvalue weighted by molar-refractivity contribution is -0.154. The van der Waals surface area contributed by atoms with E-state index in [4.69, 9.17) is 9.84 Å². The Morgan fingerprint density at radius 3 is 2.00 bits per heavy atom. The van der Waals surface area contributed by atoms with Crippen LogP contribution < -0.4 is 5.32 Å². The van der Waals surface area contributed by atoms with Crippen LogP contribution in [0.2, 0.25) is 0 Å². The maximum Gasteiger partial charge on any atom is 0.306 e. The predicted octanol–water partition coefficient (Wildman–Crippen LogP) is 5.29. The standard InChI is InChI=1S/C9H11NO2.C9H18O2.C2H6/c1-2-9(12)10-7-3-5-8(11)6-4-7;1-5-6-7-8(10)11-9(2,3)4;1-2/h3-6,11H,2H2,1H3,(H,10,12);5-7H2,1-4H3;1-2H3. The van der Waals surface area contributed by atoms with Crippen LogP contribution in [0.4, 0.5) is 5.69 Å². The van der Waals surface area contributed by atoms with Crippen molar-refractivity contribution in [3.05, 3.63) is 24.3 Å². The molecule has 25 heavy (non-hydrogen) atoms. The zero-order chi connectivity index (χ0) is 19.9. The SMILES string of the molecule is CC.CCC(=O)Nc1ccc(O)cc1.CCCCC(=O)OC(C)(C)C. The molecular weight excluding hydrogens is 318 g/mol. The first-order valence-corrected chi connectivity index (χ1v) is 8.98. The molecule has 0 fully saturated rings. The molecule has 0 bridgehead atoms. The van der Waals surface area contributed by atoms with Gasteiger partial charge in [0.1, 0.15) is 11.4 Å². The Morgan fingerprint density at radius 1 is 1.08 bits per heavy atom. The largest absolute Gasteiger partial charge is 0.508 e. The summed E-state index contributed by atoms with van der Waals surface area (Å²) in [5.74, 6) is 0.0875. The summed E-state index contributed by atoms with van der Waals surface area (Å²) in [5.41, 5.74) is 0.379. The first-order chi connectivity index (χ1) is 11.7. The first-order valence-electron chi connectivity index (χ1n) is 8.98. The summed E-state index contributed by atoms with van der Waals surface area (Å²) in [6.45, 7) is 13.5. The fraction of sp³-hybridized carbons (Fsp3) is 0.600. The van der Waals surface area contributed by atoms with Gasteiger partial charge in [0, 0.05) is 18.5 Å². The number of benzene rings is 1. The molecule has 2 N–H and O–H groups in total.